The van der Waals surface area contributed by atoms with E-state index in [-0.39, 0.29) is 5.82 Å². The molecule has 0 atom stereocenters. The van der Waals surface area contributed by atoms with Crippen molar-refractivity contribution in [2.75, 3.05) is 0 Å². The molecule has 0 aliphatic rings. The van der Waals surface area contributed by atoms with Gasteiger partial charge in [-0.15, -0.1) is 12.3 Å². The average Bonchev–Trinajstić information content (AvgIpc) is 1.97. The van der Waals surface area contributed by atoms with Crippen LogP contribution in [-0.4, -0.2) is 0 Å². The lowest BCUT2D eigenvalue weighted by Crippen LogP contribution is -1.91. The predicted molar refractivity (Wildman–Crippen MR) is 43.7 cm³/mol. The summed E-state index contributed by atoms with van der Waals surface area (Å²) in [6, 6.07) is 4.97. The van der Waals surface area contributed by atoms with E-state index in [1.54, 1.807) is 6.07 Å². The van der Waals surface area contributed by atoms with Crippen LogP contribution in [0.5, 0.6) is 0 Å². The molecule has 0 saturated carbocycles. The maximum absolute atomic E-state index is 12.9. The van der Waals surface area contributed by atoms with Crippen molar-refractivity contribution in [1.82, 2.24) is 0 Å². The van der Waals surface area contributed by atoms with E-state index in [9.17, 15) is 4.39 Å². The van der Waals surface area contributed by atoms with Crippen molar-refractivity contribution in [2.24, 2.45) is 0 Å². The van der Waals surface area contributed by atoms with E-state index >= 15 is 0 Å². The molecule has 1 heteroatoms. The quantitative estimate of drug-likeness (QED) is 0.536. The Labute approximate surface area is 66.1 Å². The lowest BCUT2D eigenvalue weighted by atomic mass is 10.1. The minimum atomic E-state index is -0.206. The molecule has 56 valence electrons. The highest BCUT2D eigenvalue weighted by molar-refractivity contribution is 5.30. The zero-order chi connectivity index (χ0) is 8.27. The highest BCUT2D eigenvalue weighted by Gasteiger charge is 2.01. The third-order valence-corrected chi connectivity index (χ3v) is 1.63. The highest BCUT2D eigenvalue weighted by Crippen LogP contribution is 2.12. The molecule has 0 aliphatic carbocycles. The van der Waals surface area contributed by atoms with Crippen molar-refractivity contribution >= 4 is 0 Å². The fraction of sp³-hybridized carbons (Fsp3) is 0.200. The Balaban J connectivity index is 3.12. The standard InChI is InChI=1S/C10H9F/c1-3-5-9-8(2)6-4-7-10(9)11/h1,4,6-7H,5H2,2H3. The summed E-state index contributed by atoms with van der Waals surface area (Å²) in [5.74, 6) is 2.22. The normalized spacial score (nSPS) is 9.18. The molecule has 0 aliphatic heterocycles. The van der Waals surface area contributed by atoms with E-state index in [0.717, 1.165) is 5.56 Å². The second kappa shape index (κ2) is 3.21. The van der Waals surface area contributed by atoms with Crippen LogP contribution in [0.25, 0.3) is 0 Å². The van der Waals surface area contributed by atoms with Crippen LogP contribution in [0.15, 0.2) is 18.2 Å². The topological polar surface area (TPSA) is 0 Å². The molecule has 0 radical (unpaired) electrons. The lowest BCUT2D eigenvalue weighted by Gasteiger charge is -2.01. The van der Waals surface area contributed by atoms with Gasteiger partial charge in [0, 0.05) is 12.0 Å². The Kier molecular flexibility index (Phi) is 2.28. The summed E-state index contributed by atoms with van der Waals surface area (Å²) in [7, 11) is 0. The van der Waals surface area contributed by atoms with Crippen molar-refractivity contribution in [3.63, 3.8) is 0 Å². The van der Waals surface area contributed by atoms with Gasteiger partial charge in [-0.3, -0.25) is 0 Å². The summed E-state index contributed by atoms with van der Waals surface area (Å²) < 4.78 is 12.9. The first-order chi connectivity index (χ1) is 5.25. The van der Waals surface area contributed by atoms with Crippen LogP contribution in [0.4, 0.5) is 4.39 Å². The van der Waals surface area contributed by atoms with Gasteiger partial charge in [0.15, 0.2) is 0 Å². The van der Waals surface area contributed by atoms with E-state index < -0.39 is 0 Å². The molecule has 0 spiro atoms. The van der Waals surface area contributed by atoms with Crippen LogP contribution in [0.2, 0.25) is 0 Å². The predicted octanol–water partition coefficient (Wildman–Crippen LogP) is 2.31. The van der Waals surface area contributed by atoms with Crippen molar-refractivity contribution in [2.45, 2.75) is 13.3 Å². The Morgan fingerprint density at radius 3 is 2.82 bits per heavy atom. The molecule has 1 aromatic carbocycles. The minimum Gasteiger partial charge on any atom is -0.207 e. The Bertz CT molecular complexity index is 274. The second-order valence-electron chi connectivity index (χ2n) is 2.42. The van der Waals surface area contributed by atoms with Crippen molar-refractivity contribution in [3.05, 3.63) is 35.1 Å². The number of terminal acetylenes is 1. The van der Waals surface area contributed by atoms with Gasteiger partial charge in [-0.25, -0.2) is 4.39 Å². The van der Waals surface area contributed by atoms with Gasteiger partial charge in [0.25, 0.3) is 0 Å². The Morgan fingerprint density at radius 2 is 2.27 bits per heavy atom. The molecule has 0 nitrogen and oxygen atoms in total. The van der Waals surface area contributed by atoms with Crippen molar-refractivity contribution in [1.29, 1.82) is 0 Å². The van der Waals surface area contributed by atoms with Crippen LogP contribution >= 0.6 is 0 Å². The highest BCUT2D eigenvalue weighted by atomic mass is 19.1. The first-order valence-electron chi connectivity index (χ1n) is 3.43. The van der Waals surface area contributed by atoms with Crippen LogP contribution in [-0.2, 0) is 6.42 Å². The van der Waals surface area contributed by atoms with E-state index in [4.69, 9.17) is 6.42 Å². The monoisotopic (exact) mass is 148 g/mol. The summed E-state index contributed by atoms with van der Waals surface area (Å²) in [6.07, 6.45) is 5.46. The molecule has 1 aromatic rings. The van der Waals surface area contributed by atoms with Gasteiger partial charge in [-0.2, -0.15) is 0 Å². The lowest BCUT2D eigenvalue weighted by molar-refractivity contribution is 0.614. The molecule has 1 rings (SSSR count). The van der Waals surface area contributed by atoms with Gasteiger partial charge in [0.2, 0.25) is 0 Å². The molecule has 0 bridgehead atoms. The van der Waals surface area contributed by atoms with E-state index in [1.807, 2.05) is 13.0 Å². The number of hydrogen-bond donors (Lipinski definition) is 0. The number of halogens is 1. The summed E-state index contributed by atoms with van der Waals surface area (Å²) in [6.45, 7) is 1.86. The number of hydrogen-bond acceptors (Lipinski definition) is 0. The zero-order valence-electron chi connectivity index (χ0n) is 6.39. The van der Waals surface area contributed by atoms with Gasteiger partial charge in [0.1, 0.15) is 5.82 Å². The van der Waals surface area contributed by atoms with E-state index in [1.165, 1.54) is 6.07 Å². The van der Waals surface area contributed by atoms with Gasteiger partial charge in [-0.05, 0) is 18.6 Å². The number of rotatable bonds is 1. The van der Waals surface area contributed by atoms with Crippen LogP contribution in [0.1, 0.15) is 11.1 Å². The van der Waals surface area contributed by atoms with Gasteiger partial charge < -0.3 is 0 Å². The average molecular weight is 148 g/mol. The summed E-state index contributed by atoms with van der Waals surface area (Å²) in [5.41, 5.74) is 1.55. The van der Waals surface area contributed by atoms with Crippen LogP contribution in [0.3, 0.4) is 0 Å². The molecule has 0 heterocycles. The molecule has 0 N–H and O–H groups in total. The van der Waals surface area contributed by atoms with Gasteiger partial charge in [0.05, 0.1) is 0 Å². The zero-order valence-corrected chi connectivity index (χ0v) is 6.39. The van der Waals surface area contributed by atoms with Gasteiger partial charge >= 0.3 is 0 Å². The molecular formula is C10H9F. The molecule has 0 saturated heterocycles. The first-order valence-corrected chi connectivity index (χ1v) is 3.43. The summed E-state index contributed by atoms with van der Waals surface area (Å²) in [4.78, 5) is 0. The molecule has 0 aromatic heterocycles. The largest absolute Gasteiger partial charge is 0.207 e. The minimum absolute atomic E-state index is 0.206. The first kappa shape index (κ1) is 7.81. The third kappa shape index (κ3) is 1.59. The SMILES string of the molecule is C#CCc1c(C)cccc1F. The fourth-order valence-corrected chi connectivity index (χ4v) is 0.992. The van der Waals surface area contributed by atoms with Crippen molar-refractivity contribution in [3.8, 4) is 12.3 Å². The summed E-state index contributed by atoms with van der Waals surface area (Å²) in [5, 5.41) is 0. The fourth-order valence-electron chi connectivity index (χ4n) is 0.992. The van der Waals surface area contributed by atoms with E-state index in [2.05, 4.69) is 5.92 Å². The number of aryl methyl sites for hydroxylation is 1. The van der Waals surface area contributed by atoms with Crippen LogP contribution in [0, 0.1) is 25.1 Å². The Morgan fingerprint density at radius 1 is 1.55 bits per heavy atom. The maximum Gasteiger partial charge on any atom is 0.127 e. The third-order valence-electron chi connectivity index (χ3n) is 1.63. The molecular weight excluding hydrogens is 139 g/mol. The molecule has 0 fully saturated rings. The maximum atomic E-state index is 12.9. The summed E-state index contributed by atoms with van der Waals surface area (Å²) >= 11 is 0. The smallest absolute Gasteiger partial charge is 0.127 e. The van der Waals surface area contributed by atoms with Gasteiger partial charge in [-0.1, -0.05) is 12.1 Å². The molecule has 11 heavy (non-hydrogen) atoms. The Hall–Kier alpha value is -1.29. The second-order valence-corrected chi connectivity index (χ2v) is 2.42. The molecule has 0 amide bonds. The molecule has 0 unspecified atom stereocenters. The van der Waals surface area contributed by atoms with Crippen molar-refractivity contribution < 1.29 is 4.39 Å². The number of benzene rings is 1. The van der Waals surface area contributed by atoms with E-state index in [0.29, 0.717) is 12.0 Å². The van der Waals surface area contributed by atoms with Crippen LogP contribution < -0.4 is 0 Å².